The van der Waals surface area contributed by atoms with Crippen LogP contribution in [-0.4, -0.2) is 85.1 Å². The van der Waals surface area contributed by atoms with Gasteiger partial charge in [0.2, 0.25) is 5.95 Å². The maximum Gasteiger partial charge on any atom is 0.225 e. The summed E-state index contributed by atoms with van der Waals surface area (Å²) in [6.07, 6.45) is 9.29. The number of nitrogens with zero attached hydrogens (tertiary/aromatic N) is 6. The average Bonchev–Trinajstić information content (AvgIpc) is 3.16. The summed E-state index contributed by atoms with van der Waals surface area (Å²) in [7, 11) is 1.92. The lowest BCUT2D eigenvalue weighted by Gasteiger charge is -2.34. The summed E-state index contributed by atoms with van der Waals surface area (Å²) in [4.78, 5) is 20.6. The summed E-state index contributed by atoms with van der Waals surface area (Å²) in [6, 6.07) is 1.87. The predicted molar refractivity (Wildman–Crippen MR) is 109 cm³/mol. The lowest BCUT2D eigenvalue weighted by atomic mass is 9.82. The third kappa shape index (κ3) is 4.51. The summed E-state index contributed by atoms with van der Waals surface area (Å²) in [5.41, 5.74) is 0. The normalized spacial score (nSPS) is 26.9. The van der Waals surface area contributed by atoms with Crippen LogP contribution in [0, 0.1) is 11.8 Å². The van der Waals surface area contributed by atoms with Crippen LogP contribution >= 0.6 is 0 Å². The molecule has 1 N–H and O–H groups in total. The number of anilines is 1. The van der Waals surface area contributed by atoms with E-state index in [1.807, 2.05) is 25.5 Å². The Morgan fingerprint density at radius 3 is 2.37 bits per heavy atom. The summed E-state index contributed by atoms with van der Waals surface area (Å²) in [6.45, 7) is 8.52. The Hall–Kier alpha value is -1.89. The predicted octanol–water partition coefficient (Wildman–Crippen LogP) is 1.30. The molecule has 7 nitrogen and oxygen atoms in total. The largest absolute Gasteiger partial charge is 0.355 e. The Labute approximate surface area is 162 Å². The second kappa shape index (κ2) is 8.87. The Balaban J connectivity index is 1.18. The van der Waals surface area contributed by atoms with Gasteiger partial charge in [-0.1, -0.05) is 12.8 Å². The lowest BCUT2D eigenvalue weighted by molar-refractivity contribution is 0.259. The molecule has 2 unspecified atom stereocenters. The van der Waals surface area contributed by atoms with E-state index in [1.54, 1.807) is 0 Å². The minimum atomic E-state index is 0.853. The van der Waals surface area contributed by atoms with Gasteiger partial charge in [-0.25, -0.2) is 9.97 Å². The van der Waals surface area contributed by atoms with Crippen molar-refractivity contribution in [1.29, 1.82) is 0 Å². The first-order valence-corrected chi connectivity index (χ1v) is 10.5. The van der Waals surface area contributed by atoms with Gasteiger partial charge in [0.05, 0.1) is 0 Å². The molecule has 2 aliphatic heterocycles. The van der Waals surface area contributed by atoms with E-state index in [4.69, 9.17) is 0 Å². The molecule has 1 aliphatic carbocycles. The van der Waals surface area contributed by atoms with Gasteiger partial charge in [-0.05, 0) is 30.7 Å². The third-order valence-corrected chi connectivity index (χ3v) is 6.41. The van der Waals surface area contributed by atoms with Gasteiger partial charge in [0, 0.05) is 71.8 Å². The van der Waals surface area contributed by atoms with Crippen molar-refractivity contribution in [2.24, 2.45) is 16.8 Å². The number of guanidine groups is 1. The van der Waals surface area contributed by atoms with Crippen molar-refractivity contribution in [3.63, 3.8) is 0 Å². The fourth-order valence-electron chi connectivity index (χ4n) is 4.86. The van der Waals surface area contributed by atoms with E-state index in [9.17, 15) is 0 Å². The van der Waals surface area contributed by atoms with Crippen LogP contribution in [0.3, 0.4) is 0 Å². The molecule has 3 aliphatic rings. The Kier molecular flexibility index (Phi) is 6.07. The number of fused-ring (bicyclic) bond motifs is 1. The van der Waals surface area contributed by atoms with E-state index in [0.29, 0.717) is 0 Å². The van der Waals surface area contributed by atoms with Gasteiger partial charge in [-0.2, -0.15) is 0 Å². The molecule has 0 amide bonds. The molecule has 2 saturated heterocycles. The van der Waals surface area contributed by atoms with Crippen LogP contribution in [0.2, 0.25) is 0 Å². The zero-order valence-corrected chi connectivity index (χ0v) is 16.6. The first-order valence-electron chi connectivity index (χ1n) is 10.5. The molecule has 0 radical (unpaired) electrons. The van der Waals surface area contributed by atoms with Crippen LogP contribution in [0.4, 0.5) is 5.95 Å². The van der Waals surface area contributed by atoms with Crippen LogP contribution in [0.15, 0.2) is 23.5 Å². The van der Waals surface area contributed by atoms with E-state index in [0.717, 1.165) is 63.0 Å². The zero-order chi connectivity index (χ0) is 18.5. The van der Waals surface area contributed by atoms with Crippen LogP contribution in [-0.2, 0) is 0 Å². The van der Waals surface area contributed by atoms with Crippen LogP contribution in [0.25, 0.3) is 0 Å². The molecular weight excluding hydrogens is 338 g/mol. The smallest absolute Gasteiger partial charge is 0.225 e. The molecule has 4 rings (SSSR count). The molecule has 27 heavy (non-hydrogen) atoms. The van der Waals surface area contributed by atoms with E-state index < -0.39 is 0 Å². The van der Waals surface area contributed by atoms with E-state index in [2.05, 4.69) is 35.0 Å². The fraction of sp³-hybridized carbons (Fsp3) is 0.750. The molecular formula is C20H33N7. The quantitative estimate of drug-likeness (QED) is 0.636. The molecule has 3 fully saturated rings. The third-order valence-electron chi connectivity index (χ3n) is 6.41. The highest BCUT2D eigenvalue weighted by atomic mass is 15.3. The first kappa shape index (κ1) is 18.5. The highest BCUT2D eigenvalue weighted by molar-refractivity contribution is 5.80. The molecule has 1 aromatic heterocycles. The second-order valence-corrected chi connectivity index (χ2v) is 8.06. The SMILES string of the molecule is CN=C(NCCN1CCN(c2ncccn2)CC1)N1CC2CCCCC2C1. The van der Waals surface area contributed by atoms with Crippen molar-refractivity contribution in [3.8, 4) is 0 Å². The van der Waals surface area contributed by atoms with Crippen molar-refractivity contribution in [2.45, 2.75) is 25.7 Å². The zero-order valence-electron chi connectivity index (χ0n) is 16.6. The maximum atomic E-state index is 4.55. The van der Waals surface area contributed by atoms with Gasteiger partial charge in [-0.3, -0.25) is 9.89 Å². The first-order chi connectivity index (χ1) is 13.3. The summed E-state index contributed by atoms with van der Waals surface area (Å²) in [5, 5.41) is 3.61. The Bertz CT molecular complexity index is 598. The molecule has 1 saturated carbocycles. The van der Waals surface area contributed by atoms with Gasteiger partial charge in [0.1, 0.15) is 0 Å². The topological polar surface area (TPSA) is 59.9 Å². The van der Waals surface area contributed by atoms with Crippen molar-refractivity contribution < 1.29 is 0 Å². The highest BCUT2D eigenvalue weighted by Crippen LogP contribution is 2.35. The Morgan fingerprint density at radius 1 is 1.07 bits per heavy atom. The van der Waals surface area contributed by atoms with Crippen LogP contribution in [0.5, 0.6) is 0 Å². The molecule has 148 valence electrons. The van der Waals surface area contributed by atoms with Gasteiger partial charge >= 0.3 is 0 Å². The number of rotatable bonds is 4. The molecule has 1 aromatic rings. The van der Waals surface area contributed by atoms with E-state index in [1.165, 1.54) is 38.8 Å². The fourth-order valence-corrected chi connectivity index (χ4v) is 4.86. The number of hydrogen-bond donors (Lipinski definition) is 1. The van der Waals surface area contributed by atoms with Gasteiger partial charge < -0.3 is 15.1 Å². The lowest BCUT2D eigenvalue weighted by Crippen LogP contribution is -2.50. The van der Waals surface area contributed by atoms with Gasteiger partial charge in [0.15, 0.2) is 5.96 Å². The summed E-state index contributed by atoms with van der Waals surface area (Å²) < 4.78 is 0. The molecule has 7 heteroatoms. The van der Waals surface area contributed by atoms with Crippen LogP contribution < -0.4 is 10.2 Å². The summed E-state index contributed by atoms with van der Waals surface area (Å²) in [5.74, 6) is 3.74. The molecule has 3 heterocycles. The van der Waals surface area contributed by atoms with Gasteiger partial charge in [0.25, 0.3) is 0 Å². The van der Waals surface area contributed by atoms with Crippen molar-refractivity contribution in [1.82, 2.24) is 25.1 Å². The molecule has 0 spiro atoms. The molecule has 0 aromatic carbocycles. The molecule has 0 bridgehead atoms. The number of aliphatic imine (C=N–C) groups is 1. The highest BCUT2D eigenvalue weighted by Gasteiger charge is 2.35. The Morgan fingerprint density at radius 2 is 1.74 bits per heavy atom. The summed E-state index contributed by atoms with van der Waals surface area (Å²) >= 11 is 0. The number of nitrogens with one attached hydrogen (secondary N) is 1. The van der Waals surface area contributed by atoms with Crippen molar-refractivity contribution >= 4 is 11.9 Å². The van der Waals surface area contributed by atoms with Crippen LogP contribution in [0.1, 0.15) is 25.7 Å². The molecule has 2 atom stereocenters. The second-order valence-electron chi connectivity index (χ2n) is 8.06. The van der Waals surface area contributed by atoms with E-state index in [-0.39, 0.29) is 0 Å². The monoisotopic (exact) mass is 371 g/mol. The minimum Gasteiger partial charge on any atom is -0.355 e. The number of hydrogen-bond acceptors (Lipinski definition) is 5. The van der Waals surface area contributed by atoms with Crippen molar-refractivity contribution in [2.75, 3.05) is 64.3 Å². The number of likely N-dealkylation sites (tertiary alicyclic amines) is 1. The van der Waals surface area contributed by atoms with Gasteiger partial charge in [-0.15, -0.1) is 0 Å². The minimum absolute atomic E-state index is 0.853. The van der Waals surface area contributed by atoms with E-state index >= 15 is 0 Å². The average molecular weight is 372 g/mol. The number of piperazine rings is 1. The number of aromatic nitrogens is 2. The maximum absolute atomic E-state index is 4.55. The van der Waals surface area contributed by atoms with Crippen molar-refractivity contribution in [3.05, 3.63) is 18.5 Å². The standard InChI is InChI=1S/C20H33N7/c1-21-19(27-15-17-5-2-3-6-18(17)16-27)24-9-10-25-11-13-26(14-12-25)20-22-7-4-8-23-20/h4,7-8,17-18H,2-3,5-6,9-16H2,1H3,(H,21,24).